The van der Waals surface area contributed by atoms with Gasteiger partial charge in [-0.15, -0.1) is 0 Å². The van der Waals surface area contributed by atoms with Gasteiger partial charge in [0.1, 0.15) is 6.29 Å². The monoisotopic (exact) mass is 729 g/mol. The molecule has 2 fully saturated rings. The van der Waals surface area contributed by atoms with E-state index in [0.717, 1.165) is 97.6 Å². The number of hydrogen-bond donors (Lipinski definition) is 0. The number of anilines is 2. The van der Waals surface area contributed by atoms with E-state index in [1.807, 2.05) is 46.2 Å². The second-order valence-electron chi connectivity index (χ2n) is 13.3. The van der Waals surface area contributed by atoms with Crippen molar-refractivity contribution in [2.45, 2.75) is 64.1 Å². The van der Waals surface area contributed by atoms with E-state index < -0.39 is 0 Å². The summed E-state index contributed by atoms with van der Waals surface area (Å²) in [6.07, 6.45) is 8.78. The number of alkyl halides is 1. The second-order valence-corrected chi connectivity index (χ2v) is 14.1. The quantitative estimate of drug-likeness (QED) is 0.158. The van der Waals surface area contributed by atoms with Gasteiger partial charge in [0.25, 0.3) is 0 Å². The molecule has 49 heavy (non-hydrogen) atoms. The minimum Gasteiger partial charge on any atom is -0.346 e. The Balaban J connectivity index is 0.000000182. The van der Waals surface area contributed by atoms with E-state index in [2.05, 4.69) is 51.2 Å². The topological polar surface area (TPSA) is 79.4 Å². The highest BCUT2D eigenvalue weighted by Gasteiger charge is 2.30. The maximum atomic E-state index is 12.5. The van der Waals surface area contributed by atoms with Crippen LogP contribution in [-0.2, 0) is 38.3 Å². The van der Waals surface area contributed by atoms with Crippen molar-refractivity contribution in [1.82, 2.24) is 4.90 Å². The molecule has 0 spiro atoms. The minimum absolute atomic E-state index is 0.183. The van der Waals surface area contributed by atoms with Crippen molar-refractivity contribution in [2.24, 2.45) is 5.92 Å². The fourth-order valence-corrected chi connectivity index (χ4v) is 7.88. The van der Waals surface area contributed by atoms with E-state index in [9.17, 15) is 14.4 Å². The normalized spacial score (nSPS) is 18.6. The van der Waals surface area contributed by atoms with Gasteiger partial charge in [-0.25, -0.2) is 0 Å². The molecule has 0 saturated carbocycles. The van der Waals surface area contributed by atoms with Crippen LogP contribution in [0.2, 0.25) is 0 Å². The smallest absolute Gasteiger partial charge is 0.227 e. The van der Waals surface area contributed by atoms with Crippen LogP contribution >= 0.6 is 15.9 Å². The van der Waals surface area contributed by atoms with Gasteiger partial charge in [-0.3, -0.25) is 14.4 Å². The lowest BCUT2D eigenvalue weighted by atomic mass is 9.90. The van der Waals surface area contributed by atoms with Gasteiger partial charge < -0.3 is 24.2 Å². The van der Waals surface area contributed by atoms with Crippen LogP contribution < -0.4 is 9.80 Å². The van der Waals surface area contributed by atoms with Crippen molar-refractivity contribution < 1.29 is 23.9 Å². The highest BCUT2D eigenvalue weighted by atomic mass is 79.9. The molecule has 4 heterocycles. The largest absolute Gasteiger partial charge is 0.346 e. The Kier molecular flexibility index (Phi) is 12.7. The van der Waals surface area contributed by atoms with Crippen LogP contribution in [0.15, 0.2) is 66.7 Å². The molecule has 0 atom stereocenters. The molecule has 8 nitrogen and oxygen atoms in total. The number of nitrogens with zero attached hydrogens (tertiary/aromatic N) is 3. The second kappa shape index (κ2) is 17.5. The van der Waals surface area contributed by atoms with E-state index in [4.69, 9.17) is 9.47 Å². The highest BCUT2D eigenvalue weighted by molar-refractivity contribution is 9.09. The summed E-state index contributed by atoms with van der Waals surface area (Å²) in [5, 5.41) is 0.903. The number of fused-ring (bicyclic) bond motifs is 2. The fraction of sp³-hybridized carbons (Fsp3) is 0.475. The zero-order valence-electron chi connectivity index (χ0n) is 28.4. The maximum Gasteiger partial charge on any atom is 0.227 e. The first-order chi connectivity index (χ1) is 24.1. The number of likely N-dealkylation sites (tertiary alicyclic amines) is 1. The van der Waals surface area contributed by atoms with Gasteiger partial charge in [-0.2, -0.15) is 0 Å². The molecule has 3 aromatic rings. The van der Waals surface area contributed by atoms with Gasteiger partial charge in [0, 0.05) is 53.8 Å². The molecule has 3 aromatic carbocycles. The van der Waals surface area contributed by atoms with Crippen molar-refractivity contribution in [1.29, 1.82) is 0 Å². The number of amides is 2. The molecule has 9 heteroatoms. The molecule has 0 radical (unpaired) electrons. The zero-order valence-corrected chi connectivity index (χ0v) is 30.0. The van der Waals surface area contributed by atoms with Crippen LogP contribution in [-0.4, -0.2) is 74.3 Å². The molecule has 0 bridgehead atoms. The predicted molar refractivity (Wildman–Crippen MR) is 197 cm³/mol. The van der Waals surface area contributed by atoms with Crippen LogP contribution in [0.3, 0.4) is 0 Å². The summed E-state index contributed by atoms with van der Waals surface area (Å²) in [7, 11) is 0. The summed E-state index contributed by atoms with van der Waals surface area (Å²) in [5.74, 6) is 1.18. The van der Waals surface area contributed by atoms with Gasteiger partial charge in [0.15, 0.2) is 6.29 Å². The molecule has 0 aromatic heterocycles. The maximum absolute atomic E-state index is 12.5. The first kappa shape index (κ1) is 35.5. The third-order valence-corrected chi connectivity index (χ3v) is 10.7. The van der Waals surface area contributed by atoms with Crippen LogP contribution in [0, 0.1) is 5.92 Å². The molecule has 0 aliphatic carbocycles. The van der Waals surface area contributed by atoms with Crippen molar-refractivity contribution in [2.75, 3.05) is 61.1 Å². The number of hydrogen-bond acceptors (Lipinski definition) is 6. The number of ether oxygens (including phenoxy) is 2. The third-order valence-electron chi connectivity index (χ3n) is 10.2. The van der Waals surface area contributed by atoms with Crippen LogP contribution in [0.4, 0.5) is 11.4 Å². The van der Waals surface area contributed by atoms with Crippen LogP contribution in [0.25, 0.3) is 0 Å². The number of halogens is 1. The summed E-state index contributed by atoms with van der Waals surface area (Å²) >= 11 is 3.43. The highest BCUT2D eigenvalue weighted by Crippen LogP contribution is 2.36. The molecule has 0 unspecified atom stereocenters. The van der Waals surface area contributed by atoms with Crippen LogP contribution in [0.1, 0.15) is 77.4 Å². The SMILES string of the molecule is O=C1CCc2c(C3OCCO3)cccc2N1CCCBr.O=Cc1cccc2c1CCC(=O)N2CCCN1CCC(Cc2ccccc2)CC1. The van der Waals surface area contributed by atoms with Crippen molar-refractivity contribution >= 4 is 45.4 Å². The number of carbonyl (C=O) groups is 3. The molecule has 2 saturated heterocycles. The number of rotatable bonds is 11. The van der Waals surface area contributed by atoms with E-state index >= 15 is 0 Å². The summed E-state index contributed by atoms with van der Waals surface area (Å²) in [4.78, 5) is 42.3. The van der Waals surface area contributed by atoms with E-state index in [1.54, 1.807) is 0 Å². The zero-order chi connectivity index (χ0) is 34.0. The Morgan fingerprint density at radius 2 is 1.35 bits per heavy atom. The minimum atomic E-state index is -0.267. The van der Waals surface area contributed by atoms with Gasteiger partial charge in [0.05, 0.1) is 13.2 Å². The van der Waals surface area contributed by atoms with Gasteiger partial charge >= 0.3 is 0 Å². The predicted octanol–water partition coefficient (Wildman–Crippen LogP) is 6.92. The lowest BCUT2D eigenvalue weighted by Gasteiger charge is -2.34. The first-order valence-corrected chi connectivity index (χ1v) is 19.0. The van der Waals surface area contributed by atoms with Gasteiger partial charge in [0.2, 0.25) is 11.8 Å². The molecule has 2 amide bonds. The number of aldehydes is 1. The standard InChI is InChI=1S/C25H30N2O2.C15H18BrNO3/c28-19-22-8-4-9-24-23(22)10-11-25(29)27(24)15-5-14-26-16-12-21(13-17-26)18-20-6-2-1-3-7-20;16-7-2-8-17-13-4-1-3-12(15-19-9-10-20-15)11(13)5-6-14(17)18/h1-4,6-9,19,21H,5,10-18H2;1,3-4,15H,2,5-10H2. The lowest BCUT2D eigenvalue weighted by molar-refractivity contribution is -0.119. The van der Waals surface area contributed by atoms with Gasteiger partial charge in [-0.1, -0.05) is 70.5 Å². The molecule has 7 rings (SSSR count). The Labute approximate surface area is 298 Å². The Morgan fingerprint density at radius 1 is 0.714 bits per heavy atom. The summed E-state index contributed by atoms with van der Waals surface area (Å²) in [5.41, 5.74) is 7.45. The van der Waals surface area contributed by atoms with Gasteiger partial charge in [-0.05, 0) is 99.3 Å². The Hall–Kier alpha value is -3.37. The summed E-state index contributed by atoms with van der Waals surface area (Å²) in [6, 6.07) is 22.6. The van der Waals surface area contributed by atoms with Crippen LogP contribution in [0.5, 0.6) is 0 Å². The third kappa shape index (κ3) is 8.87. The molecular weight excluding hydrogens is 682 g/mol. The van der Waals surface area contributed by atoms with Crippen molar-refractivity contribution in [3.8, 4) is 0 Å². The van der Waals surface area contributed by atoms with E-state index in [0.29, 0.717) is 32.5 Å². The number of carbonyl (C=O) groups excluding carboxylic acids is 3. The Bertz CT molecular complexity index is 1570. The lowest BCUT2D eigenvalue weighted by Crippen LogP contribution is -2.39. The summed E-state index contributed by atoms with van der Waals surface area (Å²) < 4.78 is 11.2. The van der Waals surface area contributed by atoms with Crippen molar-refractivity contribution in [3.05, 3.63) is 94.5 Å². The molecule has 4 aliphatic heterocycles. The first-order valence-electron chi connectivity index (χ1n) is 17.9. The summed E-state index contributed by atoms with van der Waals surface area (Å²) in [6.45, 7) is 6.10. The van der Waals surface area contributed by atoms with Crippen molar-refractivity contribution in [3.63, 3.8) is 0 Å². The molecule has 260 valence electrons. The number of piperidine rings is 1. The molecular formula is C40H48BrN3O5. The average molecular weight is 731 g/mol. The van der Waals surface area contributed by atoms with E-state index in [1.165, 1.54) is 30.4 Å². The Morgan fingerprint density at radius 3 is 2.02 bits per heavy atom. The molecule has 4 aliphatic rings. The van der Waals surface area contributed by atoms with E-state index in [-0.39, 0.29) is 18.1 Å². The fourth-order valence-electron chi connectivity index (χ4n) is 7.63. The average Bonchev–Trinajstić information content (AvgIpc) is 3.68. The molecule has 0 N–H and O–H groups in total. The number of benzene rings is 3.